The van der Waals surface area contributed by atoms with Gasteiger partial charge < -0.3 is 10.3 Å². The van der Waals surface area contributed by atoms with Crippen LogP contribution < -0.4 is 5.73 Å². The number of hydrogen-bond acceptors (Lipinski definition) is 3. The highest BCUT2D eigenvalue weighted by Crippen LogP contribution is 2.41. The number of benzene rings is 1. The molecule has 1 fully saturated rings. The van der Waals surface area contributed by atoms with Crippen molar-refractivity contribution in [3.63, 3.8) is 0 Å². The fourth-order valence-electron chi connectivity index (χ4n) is 2.54. The van der Waals surface area contributed by atoms with Crippen LogP contribution in [0.4, 0.5) is 10.1 Å². The number of halogens is 1. The molecule has 5 heteroatoms. The average molecular weight is 268 g/mol. The number of aromatic nitrogens is 3. The van der Waals surface area contributed by atoms with E-state index in [9.17, 15) is 4.39 Å². The summed E-state index contributed by atoms with van der Waals surface area (Å²) in [7, 11) is 0. The molecule has 1 aromatic carbocycles. The second-order valence-corrected chi connectivity index (χ2v) is 5.11. The van der Waals surface area contributed by atoms with Gasteiger partial charge in [0.1, 0.15) is 11.5 Å². The van der Waals surface area contributed by atoms with Crippen LogP contribution in [0.5, 0.6) is 0 Å². The average Bonchev–Trinajstić information content (AvgIpc) is 3.20. The number of nitrogens with two attached hydrogens (primary N) is 1. The van der Waals surface area contributed by atoms with Crippen molar-refractivity contribution in [1.29, 1.82) is 0 Å². The molecular formula is C15H13FN4. The number of hydrogen-bond donors (Lipinski definition) is 1. The van der Waals surface area contributed by atoms with Gasteiger partial charge in [0, 0.05) is 12.2 Å². The first-order chi connectivity index (χ1) is 9.74. The van der Waals surface area contributed by atoms with Crippen LogP contribution in [0.2, 0.25) is 0 Å². The number of nitrogen functional groups attached to an aromatic ring is 1. The SMILES string of the molecule is Nc1cccnc1-c1nc2ccc(F)cc2n1C1CC1. The molecule has 2 aromatic heterocycles. The standard InChI is InChI=1S/C15H13FN4/c16-9-3-6-12-13(8-9)20(10-4-5-10)15(19-12)14-11(17)2-1-7-18-14/h1-3,6-8,10H,4-5,17H2. The van der Waals surface area contributed by atoms with Crippen molar-refractivity contribution in [1.82, 2.24) is 14.5 Å². The summed E-state index contributed by atoms with van der Waals surface area (Å²) in [6.45, 7) is 0. The topological polar surface area (TPSA) is 56.7 Å². The number of rotatable bonds is 2. The van der Waals surface area contributed by atoms with Crippen LogP contribution in [-0.4, -0.2) is 14.5 Å². The number of fused-ring (bicyclic) bond motifs is 1. The molecule has 0 unspecified atom stereocenters. The third kappa shape index (κ3) is 1.66. The van der Waals surface area contributed by atoms with E-state index in [0.717, 1.165) is 29.7 Å². The Balaban J connectivity index is 2.04. The molecule has 0 spiro atoms. The van der Waals surface area contributed by atoms with Crippen LogP contribution >= 0.6 is 0 Å². The normalized spacial score (nSPS) is 14.8. The summed E-state index contributed by atoms with van der Waals surface area (Å²) >= 11 is 0. The van der Waals surface area contributed by atoms with E-state index in [4.69, 9.17) is 5.73 Å². The van der Waals surface area contributed by atoms with Crippen molar-refractivity contribution in [2.75, 3.05) is 5.73 Å². The Morgan fingerprint density at radius 2 is 2.10 bits per heavy atom. The van der Waals surface area contributed by atoms with Gasteiger partial charge in [-0.2, -0.15) is 0 Å². The smallest absolute Gasteiger partial charge is 0.162 e. The van der Waals surface area contributed by atoms with Gasteiger partial charge in [0.2, 0.25) is 0 Å². The molecule has 0 amide bonds. The molecular weight excluding hydrogens is 255 g/mol. The second kappa shape index (κ2) is 4.03. The van der Waals surface area contributed by atoms with Gasteiger partial charge in [-0.3, -0.25) is 4.98 Å². The molecule has 0 bridgehead atoms. The lowest BCUT2D eigenvalue weighted by molar-refractivity contribution is 0.628. The van der Waals surface area contributed by atoms with E-state index < -0.39 is 0 Å². The van der Waals surface area contributed by atoms with Gasteiger partial charge in [-0.1, -0.05) is 0 Å². The third-order valence-corrected chi connectivity index (χ3v) is 3.61. The molecule has 1 aliphatic carbocycles. The summed E-state index contributed by atoms with van der Waals surface area (Å²) in [5, 5.41) is 0. The van der Waals surface area contributed by atoms with Crippen LogP contribution in [0.3, 0.4) is 0 Å². The summed E-state index contributed by atoms with van der Waals surface area (Å²) in [5.41, 5.74) is 8.84. The molecule has 1 saturated carbocycles. The van der Waals surface area contributed by atoms with Crippen LogP contribution in [0.15, 0.2) is 36.5 Å². The van der Waals surface area contributed by atoms with Gasteiger partial charge in [-0.25, -0.2) is 9.37 Å². The number of imidazole rings is 1. The lowest BCUT2D eigenvalue weighted by Crippen LogP contribution is -2.01. The van der Waals surface area contributed by atoms with Crippen LogP contribution in [-0.2, 0) is 0 Å². The predicted octanol–water partition coefficient (Wildman–Crippen LogP) is 3.15. The van der Waals surface area contributed by atoms with Crippen LogP contribution in [0.25, 0.3) is 22.6 Å². The Morgan fingerprint density at radius 3 is 2.85 bits per heavy atom. The van der Waals surface area contributed by atoms with Crippen molar-refractivity contribution >= 4 is 16.7 Å². The van der Waals surface area contributed by atoms with Crippen LogP contribution in [0, 0.1) is 5.82 Å². The van der Waals surface area contributed by atoms with Crippen molar-refractivity contribution in [2.45, 2.75) is 18.9 Å². The summed E-state index contributed by atoms with van der Waals surface area (Å²) in [6, 6.07) is 8.63. The van der Waals surface area contributed by atoms with E-state index in [1.165, 1.54) is 12.1 Å². The van der Waals surface area contributed by atoms with E-state index in [1.54, 1.807) is 24.4 Å². The maximum absolute atomic E-state index is 13.5. The minimum atomic E-state index is -0.250. The lowest BCUT2D eigenvalue weighted by atomic mass is 10.3. The lowest BCUT2D eigenvalue weighted by Gasteiger charge is -2.08. The molecule has 2 heterocycles. The first-order valence-electron chi connectivity index (χ1n) is 6.62. The van der Waals surface area contributed by atoms with Crippen molar-refractivity contribution in [3.8, 4) is 11.5 Å². The Labute approximate surface area is 115 Å². The first-order valence-corrected chi connectivity index (χ1v) is 6.62. The van der Waals surface area contributed by atoms with Crippen molar-refractivity contribution in [3.05, 3.63) is 42.3 Å². The molecule has 20 heavy (non-hydrogen) atoms. The largest absolute Gasteiger partial charge is 0.397 e. The molecule has 2 N–H and O–H groups in total. The highest BCUT2D eigenvalue weighted by Gasteiger charge is 2.29. The highest BCUT2D eigenvalue weighted by molar-refractivity contribution is 5.82. The van der Waals surface area contributed by atoms with Gasteiger partial charge in [0.15, 0.2) is 5.82 Å². The minimum absolute atomic E-state index is 0.250. The molecule has 3 aromatic rings. The van der Waals surface area contributed by atoms with Gasteiger partial charge in [0.25, 0.3) is 0 Å². The van der Waals surface area contributed by atoms with Gasteiger partial charge in [0.05, 0.1) is 16.7 Å². The fourth-order valence-corrected chi connectivity index (χ4v) is 2.54. The molecule has 0 radical (unpaired) electrons. The summed E-state index contributed by atoms with van der Waals surface area (Å²) < 4.78 is 15.6. The molecule has 0 saturated heterocycles. The van der Waals surface area contributed by atoms with Crippen molar-refractivity contribution in [2.24, 2.45) is 0 Å². The monoisotopic (exact) mass is 268 g/mol. The highest BCUT2D eigenvalue weighted by atomic mass is 19.1. The predicted molar refractivity (Wildman–Crippen MR) is 75.6 cm³/mol. The zero-order valence-electron chi connectivity index (χ0n) is 10.8. The Hall–Kier alpha value is -2.43. The summed E-state index contributed by atoms with van der Waals surface area (Å²) in [4.78, 5) is 8.93. The zero-order chi connectivity index (χ0) is 13.7. The van der Waals surface area contributed by atoms with Gasteiger partial charge >= 0.3 is 0 Å². The Bertz CT molecular complexity index is 805. The molecule has 0 atom stereocenters. The van der Waals surface area contributed by atoms with E-state index in [0.29, 0.717) is 17.4 Å². The molecule has 4 rings (SSSR count). The summed E-state index contributed by atoms with van der Waals surface area (Å²) in [6.07, 6.45) is 3.87. The number of pyridine rings is 1. The molecule has 100 valence electrons. The first kappa shape index (κ1) is 11.4. The third-order valence-electron chi connectivity index (χ3n) is 3.61. The molecule has 0 aliphatic heterocycles. The second-order valence-electron chi connectivity index (χ2n) is 5.11. The number of anilines is 1. The van der Waals surface area contributed by atoms with E-state index in [1.807, 2.05) is 0 Å². The minimum Gasteiger partial charge on any atom is -0.397 e. The van der Waals surface area contributed by atoms with Crippen LogP contribution in [0.1, 0.15) is 18.9 Å². The Morgan fingerprint density at radius 1 is 1.25 bits per heavy atom. The maximum Gasteiger partial charge on any atom is 0.162 e. The fraction of sp³-hybridized carbons (Fsp3) is 0.200. The van der Waals surface area contributed by atoms with Gasteiger partial charge in [-0.05, 0) is 43.2 Å². The maximum atomic E-state index is 13.5. The Kier molecular flexibility index (Phi) is 2.30. The van der Waals surface area contributed by atoms with E-state index in [2.05, 4.69) is 14.5 Å². The number of nitrogens with zero attached hydrogens (tertiary/aromatic N) is 3. The van der Waals surface area contributed by atoms with E-state index in [-0.39, 0.29) is 5.82 Å². The van der Waals surface area contributed by atoms with Gasteiger partial charge in [-0.15, -0.1) is 0 Å². The summed E-state index contributed by atoms with van der Waals surface area (Å²) in [5.74, 6) is 0.478. The molecule has 1 aliphatic rings. The van der Waals surface area contributed by atoms with Crippen molar-refractivity contribution < 1.29 is 4.39 Å². The molecule has 4 nitrogen and oxygen atoms in total. The van der Waals surface area contributed by atoms with E-state index >= 15 is 0 Å². The zero-order valence-corrected chi connectivity index (χ0v) is 10.8. The quantitative estimate of drug-likeness (QED) is 0.776.